The van der Waals surface area contributed by atoms with Crippen molar-refractivity contribution in [2.24, 2.45) is 0 Å². The van der Waals surface area contributed by atoms with Gasteiger partial charge >= 0.3 is 0 Å². The number of hydrogen-bond donors (Lipinski definition) is 2. The summed E-state index contributed by atoms with van der Waals surface area (Å²) in [4.78, 5) is 45.4. The van der Waals surface area contributed by atoms with E-state index in [1.807, 2.05) is 0 Å². The van der Waals surface area contributed by atoms with E-state index in [0.717, 1.165) is 0 Å². The summed E-state index contributed by atoms with van der Waals surface area (Å²) in [5, 5.41) is 1.87. The van der Waals surface area contributed by atoms with E-state index in [1.54, 1.807) is 38.1 Å². The highest BCUT2D eigenvalue weighted by Crippen LogP contribution is 2.36. The molecule has 9 nitrogen and oxygen atoms in total. The average molecular weight is 537 g/mol. The third-order valence-corrected chi connectivity index (χ3v) is 5.90. The number of pyridine rings is 2. The van der Waals surface area contributed by atoms with Crippen molar-refractivity contribution in [2.75, 3.05) is 28.4 Å². The summed E-state index contributed by atoms with van der Waals surface area (Å²) in [5.41, 5.74) is -0.483. The molecule has 2 N–H and O–H groups in total. The number of aromatic amines is 2. The number of hydrogen-bond acceptors (Lipinski definition) is 7. The number of nitrogens with one attached hydrogen (secondary N) is 2. The van der Waals surface area contributed by atoms with Crippen molar-refractivity contribution in [1.82, 2.24) is 9.97 Å². The Morgan fingerprint density at radius 2 is 0.861 bits per heavy atom. The Morgan fingerprint density at radius 3 is 1.14 bits per heavy atom. The lowest BCUT2D eigenvalue weighted by atomic mass is 9.94. The van der Waals surface area contributed by atoms with Crippen LogP contribution < -0.4 is 30.1 Å². The molecule has 0 radical (unpaired) electrons. The normalized spacial score (nSPS) is 10.4. The van der Waals surface area contributed by atoms with E-state index in [1.165, 1.54) is 28.4 Å². The van der Waals surface area contributed by atoms with Crippen molar-refractivity contribution in [2.45, 2.75) is 13.8 Å². The molecule has 0 aliphatic rings. The standard InChI is InChI=1S/C25H24N2O7.2ClH/c1-11-13-7-17(31-3)19(33-5)9-15(13)21(24(29)26-11)23(28)22-16-10-20(34-6)18(32-4)8-14(16)12(2)27-25(22)30;;/h7-10H,1-6H3,(H,26,29)(H,27,30);2*1H. The molecular weight excluding hydrogens is 511 g/mol. The van der Waals surface area contributed by atoms with Crippen LogP contribution in [0.2, 0.25) is 0 Å². The molecule has 0 aliphatic heterocycles. The maximum Gasteiger partial charge on any atom is 0.260 e. The van der Waals surface area contributed by atoms with Crippen molar-refractivity contribution in [3.8, 4) is 23.0 Å². The summed E-state index contributed by atoms with van der Waals surface area (Å²) < 4.78 is 21.5. The lowest BCUT2D eigenvalue weighted by molar-refractivity contribution is 0.103. The molecule has 0 fully saturated rings. The summed E-state index contributed by atoms with van der Waals surface area (Å²) in [6.45, 7) is 3.43. The zero-order valence-electron chi connectivity index (χ0n) is 20.5. The first kappa shape index (κ1) is 28.5. The minimum atomic E-state index is -0.725. The van der Waals surface area contributed by atoms with E-state index in [9.17, 15) is 14.4 Å². The van der Waals surface area contributed by atoms with Crippen LogP contribution in [0, 0.1) is 13.8 Å². The monoisotopic (exact) mass is 536 g/mol. The van der Waals surface area contributed by atoms with Gasteiger partial charge in [-0.3, -0.25) is 14.4 Å². The molecule has 11 heteroatoms. The number of halogens is 2. The highest BCUT2D eigenvalue weighted by molar-refractivity contribution is 6.21. The predicted octanol–water partition coefficient (Wildman–Crippen LogP) is 4.10. The predicted molar refractivity (Wildman–Crippen MR) is 143 cm³/mol. The van der Waals surface area contributed by atoms with Gasteiger partial charge in [0.15, 0.2) is 23.0 Å². The quantitative estimate of drug-likeness (QED) is 0.356. The summed E-state index contributed by atoms with van der Waals surface area (Å²) in [6, 6.07) is 6.50. The number of H-pyrrole nitrogens is 2. The fourth-order valence-corrected chi connectivity index (χ4v) is 4.21. The molecule has 0 atom stereocenters. The second-order valence-corrected chi connectivity index (χ2v) is 7.74. The third kappa shape index (κ3) is 4.47. The molecule has 192 valence electrons. The molecule has 36 heavy (non-hydrogen) atoms. The van der Waals surface area contributed by atoms with Crippen LogP contribution in [-0.4, -0.2) is 44.2 Å². The van der Waals surface area contributed by atoms with Gasteiger partial charge in [0.05, 0.1) is 39.6 Å². The van der Waals surface area contributed by atoms with E-state index < -0.39 is 16.9 Å². The number of benzene rings is 2. The van der Waals surface area contributed by atoms with Crippen LogP contribution in [0.5, 0.6) is 23.0 Å². The van der Waals surface area contributed by atoms with Crippen molar-refractivity contribution in [3.63, 3.8) is 0 Å². The smallest absolute Gasteiger partial charge is 0.260 e. The first-order valence-electron chi connectivity index (χ1n) is 10.4. The molecule has 2 aromatic heterocycles. The molecule has 4 rings (SSSR count). The first-order chi connectivity index (χ1) is 16.2. The number of ether oxygens (including phenoxy) is 4. The number of carbonyl (C=O) groups excluding carboxylic acids is 1. The van der Waals surface area contributed by atoms with Crippen LogP contribution in [0.4, 0.5) is 0 Å². The Morgan fingerprint density at radius 1 is 0.583 bits per heavy atom. The van der Waals surface area contributed by atoms with Crippen LogP contribution >= 0.6 is 24.8 Å². The Hall–Kier alpha value is -3.69. The second-order valence-electron chi connectivity index (χ2n) is 7.74. The number of aromatic nitrogens is 2. The Kier molecular flexibility index (Phi) is 8.66. The molecule has 0 saturated carbocycles. The minimum Gasteiger partial charge on any atom is -0.493 e. The van der Waals surface area contributed by atoms with Crippen molar-refractivity contribution in [1.29, 1.82) is 0 Å². The maximum atomic E-state index is 13.9. The van der Waals surface area contributed by atoms with E-state index in [2.05, 4.69) is 9.97 Å². The largest absolute Gasteiger partial charge is 0.493 e. The fraction of sp³-hybridized carbons (Fsp3) is 0.240. The molecule has 0 spiro atoms. The van der Waals surface area contributed by atoms with Gasteiger partial charge < -0.3 is 28.9 Å². The van der Waals surface area contributed by atoms with Gasteiger partial charge in [0, 0.05) is 32.9 Å². The number of aryl methyl sites for hydroxylation is 2. The van der Waals surface area contributed by atoms with Crippen molar-refractivity contribution in [3.05, 3.63) is 67.5 Å². The van der Waals surface area contributed by atoms with Gasteiger partial charge in [-0.1, -0.05) is 0 Å². The van der Waals surface area contributed by atoms with Crippen LogP contribution in [-0.2, 0) is 0 Å². The molecule has 0 saturated heterocycles. The third-order valence-electron chi connectivity index (χ3n) is 5.90. The van der Waals surface area contributed by atoms with E-state index in [0.29, 0.717) is 55.9 Å². The first-order valence-corrected chi connectivity index (χ1v) is 10.4. The maximum absolute atomic E-state index is 13.9. The Labute approximate surface area is 218 Å². The number of methoxy groups -OCH3 is 4. The van der Waals surface area contributed by atoms with Gasteiger partial charge in [0.25, 0.3) is 11.1 Å². The van der Waals surface area contributed by atoms with Crippen LogP contribution in [0.1, 0.15) is 27.3 Å². The second kappa shape index (κ2) is 10.9. The van der Waals surface area contributed by atoms with Crippen LogP contribution in [0.25, 0.3) is 21.5 Å². The van der Waals surface area contributed by atoms with Gasteiger partial charge in [0.1, 0.15) is 0 Å². The van der Waals surface area contributed by atoms with E-state index in [-0.39, 0.29) is 35.9 Å². The number of fused-ring (bicyclic) bond motifs is 2. The van der Waals surface area contributed by atoms with Crippen molar-refractivity contribution < 1.29 is 23.7 Å². The Balaban J connectivity index is 0.00000228. The van der Waals surface area contributed by atoms with E-state index >= 15 is 0 Å². The number of ketones is 1. The lowest BCUT2D eigenvalue weighted by Crippen LogP contribution is -2.26. The summed E-state index contributed by atoms with van der Waals surface area (Å²) in [5.74, 6) is 0.862. The summed E-state index contributed by atoms with van der Waals surface area (Å²) in [7, 11) is 5.92. The molecule has 2 aromatic carbocycles. The number of carbonyl (C=O) groups is 1. The van der Waals surface area contributed by atoms with E-state index in [4.69, 9.17) is 18.9 Å². The van der Waals surface area contributed by atoms with Crippen LogP contribution in [0.3, 0.4) is 0 Å². The topological polar surface area (TPSA) is 120 Å². The SMILES string of the molecule is COc1cc2c(C)[nH]c(=O)c(C(=O)c3c(=O)[nH]c(C)c4cc(OC)c(OC)cc34)c2cc1OC.Cl.Cl. The van der Waals surface area contributed by atoms with Gasteiger partial charge in [-0.2, -0.15) is 0 Å². The van der Waals surface area contributed by atoms with Gasteiger partial charge in [0.2, 0.25) is 5.78 Å². The van der Waals surface area contributed by atoms with Gasteiger partial charge in [-0.25, -0.2) is 0 Å². The van der Waals surface area contributed by atoms with Crippen molar-refractivity contribution >= 4 is 52.1 Å². The summed E-state index contributed by atoms with van der Waals surface area (Å²) >= 11 is 0. The Bertz CT molecular complexity index is 1480. The van der Waals surface area contributed by atoms with Crippen LogP contribution in [0.15, 0.2) is 33.9 Å². The zero-order valence-corrected chi connectivity index (χ0v) is 22.1. The highest BCUT2D eigenvalue weighted by atomic mass is 35.5. The lowest BCUT2D eigenvalue weighted by Gasteiger charge is -2.15. The minimum absolute atomic E-state index is 0. The molecule has 4 aromatic rings. The molecule has 0 amide bonds. The zero-order chi connectivity index (χ0) is 24.7. The summed E-state index contributed by atoms with van der Waals surface area (Å²) in [6.07, 6.45) is 0. The molecule has 2 heterocycles. The average Bonchev–Trinajstić information content (AvgIpc) is 2.82. The fourth-order valence-electron chi connectivity index (χ4n) is 4.21. The van der Waals surface area contributed by atoms with Gasteiger partial charge in [-0.15, -0.1) is 24.8 Å². The molecule has 0 unspecified atom stereocenters. The molecule has 0 aliphatic carbocycles. The molecular formula is C25H26Cl2N2O7. The number of rotatable bonds is 6. The highest BCUT2D eigenvalue weighted by Gasteiger charge is 2.26. The van der Waals surface area contributed by atoms with Gasteiger partial charge in [-0.05, 0) is 38.1 Å². The molecule has 0 bridgehead atoms.